The molecule has 2 aromatic rings. The van der Waals surface area contributed by atoms with Crippen LogP contribution in [0.3, 0.4) is 0 Å². The second kappa shape index (κ2) is 3.73. The molecule has 0 spiro atoms. The Morgan fingerprint density at radius 3 is 2.69 bits per heavy atom. The summed E-state index contributed by atoms with van der Waals surface area (Å²) >= 11 is 0. The zero-order valence-electron chi connectivity index (χ0n) is 10.0. The van der Waals surface area contributed by atoms with Gasteiger partial charge in [-0.3, -0.25) is 0 Å². The van der Waals surface area contributed by atoms with Gasteiger partial charge in [-0.25, -0.2) is 19.3 Å². The maximum atomic E-state index is 11.7. The standard InChI is InChI=1S/C11H16N4O/c1-5-8-7(4)10-13-14-11(16)15(10)9(12-8)6(2)3/h6H,5H2,1-4H3,(H,14,16). The van der Waals surface area contributed by atoms with Crippen LogP contribution in [0.25, 0.3) is 5.65 Å². The SMILES string of the molecule is CCc1nc(C(C)C)n2c(=O)[nH]nc2c1C. The van der Waals surface area contributed by atoms with E-state index in [-0.39, 0.29) is 11.6 Å². The maximum Gasteiger partial charge on any atom is 0.349 e. The van der Waals surface area contributed by atoms with Crippen LogP contribution in [-0.4, -0.2) is 19.6 Å². The molecule has 5 nitrogen and oxygen atoms in total. The van der Waals surface area contributed by atoms with Gasteiger partial charge in [-0.2, -0.15) is 5.10 Å². The van der Waals surface area contributed by atoms with Gasteiger partial charge in [-0.1, -0.05) is 20.8 Å². The van der Waals surface area contributed by atoms with E-state index in [2.05, 4.69) is 22.1 Å². The van der Waals surface area contributed by atoms with Crippen LogP contribution in [0.5, 0.6) is 0 Å². The van der Waals surface area contributed by atoms with Crippen molar-refractivity contribution in [2.24, 2.45) is 0 Å². The van der Waals surface area contributed by atoms with Gasteiger partial charge in [0, 0.05) is 17.2 Å². The monoisotopic (exact) mass is 220 g/mol. The predicted molar refractivity (Wildman–Crippen MR) is 61.8 cm³/mol. The topological polar surface area (TPSA) is 63.1 Å². The normalized spacial score (nSPS) is 11.6. The molecule has 16 heavy (non-hydrogen) atoms. The van der Waals surface area contributed by atoms with E-state index in [0.717, 1.165) is 23.5 Å². The third-order valence-corrected chi connectivity index (χ3v) is 2.77. The van der Waals surface area contributed by atoms with Crippen LogP contribution in [0.15, 0.2) is 4.79 Å². The van der Waals surface area contributed by atoms with Crippen molar-refractivity contribution in [3.63, 3.8) is 0 Å². The van der Waals surface area contributed by atoms with Gasteiger partial charge in [-0.15, -0.1) is 0 Å². The summed E-state index contributed by atoms with van der Waals surface area (Å²) in [6, 6.07) is 0. The first-order valence-corrected chi connectivity index (χ1v) is 5.52. The number of hydrogen-bond donors (Lipinski definition) is 1. The van der Waals surface area contributed by atoms with Crippen molar-refractivity contribution < 1.29 is 0 Å². The molecule has 0 aromatic carbocycles. The summed E-state index contributed by atoms with van der Waals surface area (Å²) in [5.41, 5.74) is 2.47. The lowest BCUT2D eigenvalue weighted by Gasteiger charge is -2.11. The zero-order chi connectivity index (χ0) is 11.9. The molecular formula is C11H16N4O. The van der Waals surface area contributed by atoms with Gasteiger partial charge < -0.3 is 0 Å². The highest BCUT2D eigenvalue weighted by Gasteiger charge is 2.15. The number of nitrogens with one attached hydrogen (secondary N) is 1. The summed E-state index contributed by atoms with van der Waals surface area (Å²) in [5, 5.41) is 6.54. The maximum absolute atomic E-state index is 11.7. The Morgan fingerprint density at radius 2 is 2.12 bits per heavy atom. The van der Waals surface area contributed by atoms with Crippen LogP contribution in [0.1, 0.15) is 43.8 Å². The van der Waals surface area contributed by atoms with Crippen molar-refractivity contribution in [2.45, 2.75) is 40.0 Å². The summed E-state index contributed by atoms with van der Waals surface area (Å²) in [5.74, 6) is 0.972. The molecule has 2 aromatic heterocycles. The first-order valence-electron chi connectivity index (χ1n) is 5.52. The molecule has 0 saturated heterocycles. The number of H-pyrrole nitrogens is 1. The van der Waals surface area contributed by atoms with E-state index in [1.807, 2.05) is 20.8 Å². The number of fused-ring (bicyclic) bond motifs is 1. The molecule has 0 aliphatic heterocycles. The molecule has 0 atom stereocenters. The van der Waals surface area contributed by atoms with E-state index in [1.165, 1.54) is 0 Å². The summed E-state index contributed by atoms with van der Waals surface area (Å²) in [7, 11) is 0. The molecule has 0 saturated carbocycles. The fourth-order valence-corrected chi connectivity index (χ4v) is 1.89. The molecule has 0 aliphatic rings. The Hall–Kier alpha value is -1.65. The average molecular weight is 220 g/mol. The molecule has 0 amide bonds. The smallest absolute Gasteiger partial charge is 0.246 e. The van der Waals surface area contributed by atoms with Crippen LogP contribution in [-0.2, 0) is 6.42 Å². The van der Waals surface area contributed by atoms with Crippen LogP contribution in [0, 0.1) is 6.92 Å². The van der Waals surface area contributed by atoms with Crippen molar-refractivity contribution in [2.75, 3.05) is 0 Å². The van der Waals surface area contributed by atoms with Gasteiger partial charge >= 0.3 is 5.69 Å². The molecule has 0 radical (unpaired) electrons. The van der Waals surface area contributed by atoms with E-state index in [9.17, 15) is 4.79 Å². The number of aryl methyl sites for hydroxylation is 2. The number of hydrogen-bond acceptors (Lipinski definition) is 3. The first-order chi connectivity index (χ1) is 7.56. The van der Waals surface area contributed by atoms with E-state index in [1.54, 1.807) is 4.40 Å². The zero-order valence-corrected chi connectivity index (χ0v) is 10.0. The third kappa shape index (κ3) is 1.43. The number of nitrogens with zero attached hydrogens (tertiary/aromatic N) is 3. The van der Waals surface area contributed by atoms with E-state index in [4.69, 9.17) is 0 Å². The van der Waals surface area contributed by atoms with Gasteiger partial charge in [-0.05, 0) is 13.3 Å². The Morgan fingerprint density at radius 1 is 1.44 bits per heavy atom. The van der Waals surface area contributed by atoms with Crippen molar-refractivity contribution in [1.82, 2.24) is 19.6 Å². The number of aromatic nitrogens is 4. The fourth-order valence-electron chi connectivity index (χ4n) is 1.89. The Bertz CT molecular complexity index is 579. The molecular weight excluding hydrogens is 204 g/mol. The van der Waals surface area contributed by atoms with Crippen LogP contribution in [0.2, 0.25) is 0 Å². The molecule has 0 bridgehead atoms. The number of rotatable bonds is 2. The van der Waals surface area contributed by atoms with Crippen LogP contribution >= 0.6 is 0 Å². The van der Waals surface area contributed by atoms with Crippen molar-refractivity contribution in [3.05, 3.63) is 27.6 Å². The Balaban J connectivity index is 2.92. The summed E-state index contributed by atoms with van der Waals surface area (Å²) in [6.45, 7) is 8.05. The quantitative estimate of drug-likeness (QED) is 0.832. The second-order valence-corrected chi connectivity index (χ2v) is 4.24. The Labute approximate surface area is 93.5 Å². The van der Waals surface area contributed by atoms with Crippen molar-refractivity contribution in [3.8, 4) is 0 Å². The average Bonchev–Trinajstić information content (AvgIpc) is 2.62. The Kier molecular flexibility index (Phi) is 2.53. The lowest BCUT2D eigenvalue weighted by atomic mass is 10.1. The minimum atomic E-state index is -0.211. The predicted octanol–water partition coefficient (Wildman–Crippen LogP) is 1.41. The van der Waals surface area contributed by atoms with Crippen molar-refractivity contribution in [1.29, 1.82) is 0 Å². The second-order valence-electron chi connectivity index (χ2n) is 4.24. The van der Waals surface area contributed by atoms with Gasteiger partial charge in [0.25, 0.3) is 0 Å². The molecule has 5 heteroatoms. The third-order valence-electron chi connectivity index (χ3n) is 2.77. The molecule has 2 rings (SSSR count). The minimum absolute atomic E-state index is 0.198. The van der Waals surface area contributed by atoms with E-state index >= 15 is 0 Å². The van der Waals surface area contributed by atoms with E-state index in [0.29, 0.717) is 5.65 Å². The molecule has 0 unspecified atom stereocenters. The molecule has 1 N–H and O–H groups in total. The van der Waals surface area contributed by atoms with Gasteiger partial charge in [0.05, 0.1) is 0 Å². The molecule has 0 fully saturated rings. The summed E-state index contributed by atoms with van der Waals surface area (Å²) in [6.07, 6.45) is 0.850. The molecule has 2 heterocycles. The first kappa shape index (κ1) is 10.9. The lowest BCUT2D eigenvalue weighted by Crippen LogP contribution is -2.18. The molecule has 86 valence electrons. The fraction of sp³-hybridized carbons (Fsp3) is 0.545. The highest BCUT2D eigenvalue weighted by atomic mass is 16.1. The highest BCUT2D eigenvalue weighted by molar-refractivity contribution is 5.48. The summed E-state index contributed by atoms with van der Waals surface area (Å²) in [4.78, 5) is 16.2. The minimum Gasteiger partial charge on any atom is -0.246 e. The largest absolute Gasteiger partial charge is 0.349 e. The summed E-state index contributed by atoms with van der Waals surface area (Å²) < 4.78 is 1.57. The van der Waals surface area contributed by atoms with Crippen LogP contribution < -0.4 is 5.69 Å². The van der Waals surface area contributed by atoms with Crippen LogP contribution in [0.4, 0.5) is 0 Å². The van der Waals surface area contributed by atoms with Gasteiger partial charge in [0.2, 0.25) is 0 Å². The van der Waals surface area contributed by atoms with Gasteiger partial charge in [0.15, 0.2) is 5.65 Å². The van der Waals surface area contributed by atoms with Crippen molar-refractivity contribution >= 4 is 5.65 Å². The highest BCUT2D eigenvalue weighted by Crippen LogP contribution is 2.17. The number of aromatic amines is 1. The van der Waals surface area contributed by atoms with E-state index < -0.39 is 0 Å². The van der Waals surface area contributed by atoms with Gasteiger partial charge in [0.1, 0.15) is 5.82 Å². The lowest BCUT2D eigenvalue weighted by molar-refractivity contribution is 0.725. The molecule has 0 aliphatic carbocycles.